The number of benzene rings is 2. The van der Waals surface area contributed by atoms with Crippen LogP contribution in [0.4, 0.5) is 10.5 Å². The molecule has 2 aromatic rings. The van der Waals surface area contributed by atoms with Gasteiger partial charge < -0.3 is 21.3 Å². The van der Waals surface area contributed by atoms with E-state index in [-0.39, 0.29) is 17.1 Å². The van der Waals surface area contributed by atoms with Crippen molar-refractivity contribution in [1.29, 1.82) is 0 Å². The van der Waals surface area contributed by atoms with Crippen molar-refractivity contribution in [3.63, 3.8) is 0 Å². The van der Waals surface area contributed by atoms with Crippen molar-refractivity contribution >= 4 is 35.2 Å². The fourth-order valence-corrected chi connectivity index (χ4v) is 6.51. The van der Waals surface area contributed by atoms with Crippen LogP contribution in [0.2, 0.25) is 0 Å². The highest BCUT2D eigenvalue weighted by molar-refractivity contribution is 7.98. The number of nitrogens with zero attached hydrogens (tertiary/aromatic N) is 1. The molecule has 4 N–H and O–H groups in total. The Kier molecular flexibility index (Phi) is 6.83. The molecule has 36 heavy (non-hydrogen) atoms. The summed E-state index contributed by atoms with van der Waals surface area (Å²) in [5.74, 6) is 0.558. The lowest BCUT2D eigenvalue weighted by Gasteiger charge is -2.40. The molecule has 190 valence electrons. The first-order valence-electron chi connectivity index (χ1n) is 12.7. The SMILES string of the molecule is CSc1cc(NC(=O)NC2CCC2=O)cc(C(=O)N2CCC3(CC2)CC(C)c2ccc(CN)cc23)c1. The van der Waals surface area contributed by atoms with Crippen molar-refractivity contribution in [2.45, 2.75) is 67.8 Å². The topological polar surface area (TPSA) is 105 Å². The Morgan fingerprint density at radius 3 is 2.58 bits per heavy atom. The van der Waals surface area contributed by atoms with Crippen LogP contribution in [0.1, 0.15) is 72.0 Å². The number of nitrogens with two attached hydrogens (primary N) is 1. The van der Waals surface area contributed by atoms with Gasteiger partial charge in [0, 0.05) is 42.2 Å². The summed E-state index contributed by atoms with van der Waals surface area (Å²) in [5, 5.41) is 5.51. The number of anilines is 1. The van der Waals surface area contributed by atoms with Gasteiger partial charge in [-0.1, -0.05) is 25.1 Å². The van der Waals surface area contributed by atoms with Gasteiger partial charge in [0.05, 0.1) is 6.04 Å². The fraction of sp³-hybridized carbons (Fsp3) is 0.464. The average Bonchev–Trinajstić information content (AvgIpc) is 3.16. The van der Waals surface area contributed by atoms with Crippen LogP contribution >= 0.6 is 11.8 Å². The van der Waals surface area contributed by atoms with Gasteiger partial charge in [0.2, 0.25) is 0 Å². The number of rotatable bonds is 5. The molecule has 1 saturated carbocycles. The van der Waals surface area contributed by atoms with E-state index in [2.05, 4.69) is 35.8 Å². The van der Waals surface area contributed by atoms with Gasteiger partial charge in [-0.05, 0) is 78.2 Å². The van der Waals surface area contributed by atoms with Crippen molar-refractivity contribution < 1.29 is 14.4 Å². The lowest BCUT2D eigenvalue weighted by molar-refractivity contribution is -0.126. The molecule has 2 fully saturated rings. The van der Waals surface area contributed by atoms with Crippen LogP contribution in [0.5, 0.6) is 0 Å². The Hall–Kier alpha value is -2.84. The molecule has 5 rings (SSSR count). The van der Waals surface area contributed by atoms with Gasteiger partial charge in [0.25, 0.3) is 5.91 Å². The van der Waals surface area contributed by atoms with Crippen molar-refractivity contribution in [2.24, 2.45) is 5.73 Å². The molecule has 1 spiro atoms. The molecule has 1 aliphatic heterocycles. The van der Waals surface area contributed by atoms with Gasteiger partial charge in [-0.3, -0.25) is 9.59 Å². The zero-order chi connectivity index (χ0) is 25.4. The molecular formula is C28H34N4O3S. The molecule has 0 aromatic heterocycles. The van der Waals surface area contributed by atoms with Gasteiger partial charge in [0.15, 0.2) is 5.78 Å². The van der Waals surface area contributed by atoms with E-state index in [0.29, 0.717) is 49.6 Å². The predicted octanol–water partition coefficient (Wildman–Crippen LogP) is 4.40. The summed E-state index contributed by atoms with van der Waals surface area (Å²) >= 11 is 1.52. The zero-order valence-electron chi connectivity index (χ0n) is 20.9. The Labute approximate surface area is 216 Å². The van der Waals surface area contributed by atoms with Gasteiger partial charge in [-0.15, -0.1) is 11.8 Å². The summed E-state index contributed by atoms with van der Waals surface area (Å²) in [6, 6.07) is 11.3. The highest BCUT2D eigenvalue weighted by atomic mass is 32.2. The Morgan fingerprint density at radius 2 is 1.94 bits per heavy atom. The highest BCUT2D eigenvalue weighted by Gasteiger charge is 2.44. The van der Waals surface area contributed by atoms with E-state index in [4.69, 9.17) is 5.73 Å². The largest absolute Gasteiger partial charge is 0.339 e. The standard InChI is InChI=1S/C28H34N4O3S/c1-17-15-28(23-11-18(16-29)3-4-22(17)23)7-9-32(10-8-28)26(34)19-12-20(14-21(13-19)36-2)30-27(35)31-24-5-6-25(24)33/h3-4,11-14,17,24H,5-10,15-16,29H2,1-2H3,(H2,30,31,35). The maximum absolute atomic E-state index is 13.5. The monoisotopic (exact) mass is 506 g/mol. The number of nitrogens with one attached hydrogen (secondary N) is 2. The Morgan fingerprint density at radius 1 is 1.17 bits per heavy atom. The molecule has 8 heteroatoms. The number of carbonyl (C=O) groups is 3. The number of hydrogen-bond donors (Lipinski definition) is 3. The number of likely N-dealkylation sites (tertiary alicyclic amines) is 1. The molecule has 3 aliphatic rings. The minimum Gasteiger partial charge on any atom is -0.339 e. The molecule has 1 saturated heterocycles. The van der Waals surface area contributed by atoms with E-state index >= 15 is 0 Å². The van der Waals surface area contributed by atoms with E-state index in [1.54, 1.807) is 6.07 Å². The molecule has 0 radical (unpaired) electrons. The van der Waals surface area contributed by atoms with E-state index in [1.165, 1.54) is 28.5 Å². The summed E-state index contributed by atoms with van der Waals surface area (Å²) in [6.07, 6.45) is 6.13. The second kappa shape index (κ2) is 9.90. The third kappa shape index (κ3) is 4.64. The van der Waals surface area contributed by atoms with Crippen LogP contribution in [0.3, 0.4) is 0 Å². The van der Waals surface area contributed by atoms with Crippen LogP contribution in [0, 0.1) is 0 Å². The molecule has 2 atom stereocenters. The minimum atomic E-state index is -0.421. The molecule has 2 unspecified atom stereocenters. The molecule has 2 aliphatic carbocycles. The molecular weight excluding hydrogens is 472 g/mol. The first-order chi connectivity index (χ1) is 17.3. The molecule has 7 nitrogen and oxygen atoms in total. The third-order valence-electron chi connectivity index (χ3n) is 8.18. The second-order valence-corrected chi connectivity index (χ2v) is 11.3. The molecule has 0 bridgehead atoms. The maximum Gasteiger partial charge on any atom is 0.319 e. The number of thioether (sulfide) groups is 1. The van der Waals surface area contributed by atoms with Crippen molar-refractivity contribution in [3.8, 4) is 0 Å². The smallest absolute Gasteiger partial charge is 0.319 e. The van der Waals surface area contributed by atoms with E-state index < -0.39 is 12.1 Å². The number of piperidine rings is 1. The van der Waals surface area contributed by atoms with Crippen LogP contribution in [-0.2, 0) is 16.8 Å². The fourth-order valence-electron chi connectivity index (χ4n) is 6.02. The lowest BCUT2D eigenvalue weighted by atomic mass is 9.73. The summed E-state index contributed by atoms with van der Waals surface area (Å²) < 4.78 is 0. The normalized spacial score (nSPS) is 22.2. The van der Waals surface area contributed by atoms with E-state index in [9.17, 15) is 14.4 Å². The third-order valence-corrected chi connectivity index (χ3v) is 8.89. The minimum absolute atomic E-state index is 0.0136. The molecule has 1 heterocycles. The van der Waals surface area contributed by atoms with Crippen LogP contribution in [-0.4, -0.2) is 48.0 Å². The summed E-state index contributed by atoms with van der Waals surface area (Å²) in [6.45, 7) is 4.24. The Bertz CT molecular complexity index is 1210. The van der Waals surface area contributed by atoms with E-state index in [1.807, 2.05) is 23.3 Å². The number of carbonyl (C=O) groups excluding carboxylic acids is 3. The molecule has 2 aromatic carbocycles. The summed E-state index contributed by atoms with van der Waals surface area (Å²) in [4.78, 5) is 40.3. The first-order valence-corrected chi connectivity index (χ1v) is 14.0. The lowest BCUT2D eigenvalue weighted by Crippen LogP contribution is -2.48. The van der Waals surface area contributed by atoms with Gasteiger partial charge in [0.1, 0.15) is 0 Å². The van der Waals surface area contributed by atoms with E-state index in [0.717, 1.165) is 24.2 Å². The van der Waals surface area contributed by atoms with Gasteiger partial charge >= 0.3 is 6.03 Å². The quantitative estimate of drug-likeness (QED) is 0.522. The molecule has 3 amide bonds. The number of fused-ring (bicyclic) bond motifs is 2. The number of ketones is 1. The second-order valence-electron chi connectivity index (χ2n) is 10.4. The van der Waals surface area contributed by atoms with Gasteiger partial charge in [-0.25, -0.2) is 4.79 Å². The average molecular weight is 507 g/mol. The van der Waals surface area contributed by atoms with Crippen LogP contribution < -0.4 is 16.4 Å². The summed E-state index contributed by atoms with van der Waals surface area (Å²) in [5.41, 5.74) is 11.2. The number of amides is 3. The number of hydrogen-bond acceptors (Lipinski definition) is 5. The summed E-state index contributed by atoms with van der Waals surface area (Å²) in [7, 11) is 0. The van der Waals surface area contributed by atoms with Crippen LogP contribution in [0.15, 0.2) is 41.3 Å². The number of Topliss-reactive ketones (excluding diaryl/α,β-unsaturated/α-hetero) is 1. The maximum atomic E-state index is 13.5. The van der Waals surface area contributed by atoms with Gasteiger partial charge in [-0.2, -0.15) is 0 Å². The Balaban J connectivity index is 1.29. The first kappa shape index (κ1) is 24.8. The number of urea groups is 1. The predicted molar refractivity (Wildman–Crippen MR) is 143 cm³/mol. The van der Waals surface area contributed by atoms with Crippen molar-refractivity contribution in [3.05, 3.63) is 58.7 Å². The van der Waals surface area contributed by atoms with Crippen molar-refractivity contribution in [2.75, 3.05) is 24.7 Å². The van der Waals surface area contributed by atoms with Crippen molar-refractivity contribution in [1.82, 2.24) is 10.2 Å². The zero-order valence-corrected chi connectivity index (χ0v) is 21.7. The highest BCUT2D eigenvalue weighted by Crippen LogP contribution is 2.51. The van der Waals surface area contributed by atoms with Crippen LogP contribution in [0.25, 0.3) is 0 Å².